The van der Waals surface area contributed by atoms with Crippen LogP contribution in [0.5, 0.6) is 0 Å². The van der Waals surface area contributed by atoms with E-state index in [-0.39, 0.29) is 35.2 Å². The van der Waals surface area contributed by atoms with Gasteiger partial charge in [-0.2, -0.15) is 9.49 Å². The second-order valence-electron chi connectivity index (χ2n) is 11.5. The Morgan fingerprint density at radius 1 is 1.00 bits per heavy atom. The van der Waals surface area contributed by atoms with E-state index in [1.807, 2.05) is 0 Å². The summed E-state index contributed by atoms with van der Waals surface area (Å²) in [5.41, 5.74) is 3.11. The number of imidazole rings is 2. The van der Waals surface area contributed by atoms with Crippen LogP contribution in [0.4, 0.5) is 19.4 Å². The number of nitrogens with zero attached hydrogens (tertiary/aromatic N) is 7. The fourth-order valence-corrected chi connectivity index (χ4v) is 6.53. The largest absolute Gasteiger partial charge is 0.465 e. The number of ether oxygens (including phenoxy) is 1. The number of rotatable bonds is 6. The number of benzene rings is 1. The predicted octanol–water partition coefficient (Wildman–Crippen LogP) is 5.30. The molecule has 0 bridgehead atoms. The fraction of sp³-hybridized carbons (Fsp3) is 0.312. The van der Waals surface area contributed by atoms with Gasteiger partial charge in [0.25, 0.3) is 5.91 Å². The summed E-state index contributed by atoms with van der Waals surface area (Å²) in [6.45, 7) is 1.60. The highest BCUT2D eigenvalue weighted by Crippen LogP contribution is 2.39. The van der Waals surface area contributed by atoms with Gasteiger partial charge in [0, 0.05) is 55.2 Å². The Morgan fingerprint density at radius 2 is 1.80 bits per heavy atom. The normalized spacial score (nSPS) is 19.0. The molecule has 0 aliphatic carbocycles. The lowest BCUT2D eigenvalue weighted by Crippen LogP contribution is -2.50. The zero-order valence-corrected chi connectivity index (χ0v) is 24.6. The summed E-state index contributed by atoms with van der Waals surface area (Å²) in [6, 6.07) is 11.8. The van der Waals surface area contributed by atoms with Crippen molar-refractivity contribution in [2.75, 3.05) is 25.1 Å². The quantitative estimate of drug-likeness (QED) is 0.242. The van der Waals surface area contributed by atoms with Gasteiger partial charge in [-0.05, 0) is 74.1 Å². The first-order valence-corrected chi connectivity index (χ1v) is 15.0. The summed E-state index contributed by atoms with van der Waals surface area (Å²) >= 11 is 0. The fourth-order valence-electron chi connectivity index (χ4n) is 6.53. The molecule has 1 aromatic carbocycles. The summed E-state index contributed by atoms with van der Waals surface area (Å²) in [6.07, 6.45) is 6.37. The molecule has 12 nitrogen and oxygen atoms in total. The zero-order chi connectivity index (χ0) is 31.8. The molecule has 6 heterocycles. The minimum absolute atomic E-state index is 0.0731. The van der Waals surface area contributed by atoms with E-state index in [0.29, 0.717) is 60.9 Å². The Kier molecular flexibility index (Phi) is 7.86. The smallest absolute Gasteiger partial charge is 0.407 e. The molecule has 2 aliphatic heterocycles. The lowest BCUT2D eigenvalue weighted by Gasteiger charge is -2.43. The number of hydrogen-bond donors (Lipinski definition) is 2. The van der Waals surface area contributed by atoms with Crippen molar-refractivity contribution in [3.8, 4) is 22.6 Å². The zero-order valence-electron chi connectivity index (χ0n) is 24.6. The van der Waals surface area contributed by atoms with Crippen LogP contribution < -0.4 is 5.32 Å². The number of nitrogens with one attached hydrogen (secondary N) is 1. The first-order chi connectivity index (χ1) is 22.3. The first-order valence-electron chi connectivity index (χ1n) is 15.0. The number of carbonyl (C=O) groups is 2. The maximum atomic E-state index is 13.9. The van der Waals surface area contributed by atoms with Gasteiger partial charge in [0.15, 0.2) is 11.5 Å². The van der Waals surface area contributed by atoms with Crippen LogP contribution in [-0.4, -0.2) is 76.9 Å². The van der Waals surface area contributed by atoms with Crippen LogP contribution in [0.1, 0.15) is 42.1 Å². The molecule has 5 aromatic rings. The second kappa shape index (κ2) is 12.3. The van der Waals surface area contributed by atoms with E-state index in [9.17, 15) is 23.5 Å². The van der Waals surface area contributed by atoms with Gasteiger partial charge in [-0.1, -0.05) is 0 Å². The minimum Gasteiger partial charge on any atom is -0.465 e. The van der Waals surface area contributed by atoms with Gasteiger partial charge in [0.2, 0.25) is 5.95 Å². The molecule has 2 fully saturated rings. The number of pyridine rings is 1. The molecule has 46 heavy (non-hydrogen) atoms. The number of halogens is 2. The number of hydrogen-bond acceptors (Lipinski definition) is 7. The number of piperidine rings is 1. The van der Waals surface area contributed by atoms with Gasteiger partial charge < -0.3 is 24.6 Å². The van der Waals surface area contributed by atoms with Crippen molar-refractivity contribution < 1.29 is 28.2 Å². The van der Waals surface area contributed by atoms with Gasteiger partial charge >= 0.3 is 6.09 Å². The molecule has 2 atom stereocenters. The Hall–Kier alpha value is -5.24. The SMILES string of the molecule is O=C(Nc1cn2nc(-c3c(-c4ccc(F)cc4)ncn3C3CCN(C(=O)O)C(C4CCOCC4)C3)ccc2n1)c1ccnc(F)c1. The van der Waals surface area contributed by atoms with Gasteiger partial charge in [-0.25, -0.2) is 28.7 Å². The summed E-state index contributed by atoms with van der Waals surface area (Å²) < 4.78 is 36.6. The molecule has 2 N–H and O–H groups in total. The Bertz CT molecular complexity index is 1900. The summed E-state index contributed by atoms with van der Waals surface area (Å²) in [4.78, 5) is 39.1. The molecule has 2 unspecified atom stereocenters. The number of aromatic nitrogens is 6. The van der Waals surface area contributed by atoms with Crippen LogP contribution in [0.3, 0.4) is 0 Å². The van der Waals surface area contributed by atoms with E-state index in [1.165, 1.54) is 28.9 Å². The van der Waals surface area contributed by atoms with Crippen LogP contribution in [-0.2, 0) is 4.74 Å². The monoisotopic (exact) mass is 628 g/mol. The van der Waals surface area contributed by atoms with Crippen molar-refractivity contribution >= 4 is 23.5 Å². The summed E-state index contributed by atoms with van der Waals surface area (Å²) in [7, 11) is 0. The molecule has 0 radical (unpaired) electrons. The van der Waals surface area contributed by atoms with Gasteiger partial charge in [0.05, 0.1) is 23.9 Å². The molecule has 0 saturated carbocycles. The van der Waals surface area contributed by atoms with E-state index in [2.05, 4.69) is 19.9 Å². The highest BCUT2D eigenvalue weighted by atomic mass is 19.1. The van der Waals surface area contributed by atoms with E-state index >= 15 is 0 Å². The number of fused-ring (bicyclic) bond motifs is 1. The van der Waals surface area contributed by atoms with Crippen LogP contribution in [0, 0.1) is 17.7 Å². The number of carboxylic acid groups (broad SMARTS) is 1. The van der Waals surface area contributed by atoms with Crippen LogP contribution in [0.25, 0.3) is 28.3 Å². The molecule has 14 heteroatoms. The predicted molar refractivity (Wildman–Crippen MR) is 162 cm³/mol. The molecule has 2 amide bonds. The standard InChI is InChI=1S/C32H30F2N8O4/c33-22-3-1-20(2-4-22)29-30(41(18-36-29)23-8-12-40(32(44)45)25(16-23)19-9-13-46-14-10-19)24-5-6-28-37-27(17-42(28)39-24)38-31(43)21-7-11-35-26(34)15-21/h1-7,11,15,17-19,23,25H,8-10,12-14,16H2,(H,38,43)(H,44,45). The molecular weight excluding hydrogens is 598 g/mol. The topological polar surface area (TPSA) is 140 Å². The van der Waals surface area contributed by atoms with E-state index in [1.54, 1.807) is 41.7 Å². The molecule has 236 valence electrons. The third kappa shape index (κ3) is 5.78. The summed E-state index contributed by atoms with van der Waals surface area (Å²) in [5.74, 6) is -1.27. The highest BCUT2D eigenvalue weighted by Gasteiger charge is 2.39. The molecule has 2 aliphatic rings. The third-order valence-electron chi connectivity index (χ3n) is 8.77. The van der Waals surface area contributed by atoms with Crippen molar-refractivity contribution in [2.24, 2.45) is 5.92 Å². The molecule has 4 aromatic heterocycles. The molecule has 7 rings (SSSR count). The van der Waals surface area contributed by atoms with E-state index in [4.69, 9.17) is 14.8 Å². The number of carbonyl (C=O) groups excluding carboxylic acids is 1. The molecule has 0 spiro atoms. The Labute approximate surface area is 261 Å². The second-order valence-corrected chi connectivity index (χ2v) is 11.5. The molecular formula is C32H30F2N8O4. The van der Waals surface area contributed by atoms with Crippen LogP contribution >= 0.6 is 0 Å². The highest BCUT2D eigenvalue weighted by molar-refractivity contribution is 6.03. The Balaban J connectivity index is 1.25. The third-order valence-corrected chi connectivity index (χ3v) is 8.77. The lowest BCUT2D eigenvalue weighted by molar-refractivity contribution is 0.00808. The van der Waals surface area contributed by atoms with Gasteiger partial charge in [-0.15, -0.1) is 0 Å². The lowest BCUT2D eigenvalue weighted by atomic mass is 9.83. The number of amides is 2. The van der Waals surface area contributed by atoms with Crippen molar-refractivity contribution in [1.82, 2.24) is 34.0 Å². The van der Waals surface area contributed by atoms with Gasteiger partial charge in [-0.3, -0.25) is 4.79 Å². The summed E-state index contributed by atoms with van der Waals surface area (Å²) in [5, 5.41) is 17.5. The minimum atomic E-state index is -0.919. The average Bonchev–Trinajstić information content (AvgIpc) is 3.69. The van der Waals surface area contributed by atoms with E-state index < -0.39 is 17.9 Å². The number of anilines is 1. The van der Waals surface area contributed by atoms with Crippen molar-refractivity contribution in [1.29, 1.82) is 0 Å². The van der Waals surface area contributed by atoms with Crippen LogP contribution in [0.2, 0.25) is 0 Å². The van der Waals surface area contributed by atoms with Crippen molar-refractivity contribution in [2.45, 2.75) is 37.8 Å². The maximum Gasteiger partial charge on any atom is 0.407 e. The van der Waals surface area contributed by atoms with Gasteiger partial charge in [0.1, 0.15) is 11.5 Å². The van der Waals surface area contributed by atoms with Crippen molar-refractivity contribution in [3.63, 3.8) is 0 Å². The molecule has 2 saturated heterocycles. The van der Waals surface area contributed by atoms with Crippen molar-refractivity contribution in [3.05, 3.63) is 84.6 Å². The Morgan fingerprint density at radius 3 is 2.57 bits per heavy atom. The van der Waals surface area contributed by atoms with Crippen LogP contribution in [0.15, 0.2) is 67.3 Å². The maximum absolute atomic E-state index is 13.9. The first kappa shape index (κ1) is 29.5. The van der Waals surface area contributed by atoms with E-state index in [0.717, 1.165) is 18.9 Å². The number of likely N-dealkylation sites (tertiary alicyclic amines) is 1. The average molecular weight is 629 g/mol.